The molecule has 0 saturated heterocycles. The lowest BCUT2D eigenvalue weighted by Crippen LogP contribution is -2.36. The number of sulfonamides is 1. The summed E-state index contributed by atoms with van der Waals surface area (Å²) >= 11 is 0. The first-order chi connectivity index (χ1) is 17.5. The molecular weight excluding hydrogens is 474 g/mol. The lowest BCUT2D eigenvalue weighted by Gasteiger charge is -2.27. The number of nitrogens with zero attached hydrogens (tertiary/aromatic N) is 2. The highest BCUT2D eigenvalue weighted by atomic mass is 32.2. The van der Waals surface area contributed by atoms with Gasteiger partial charge in [-0.15, -0.1) is 0 Å². The van der Waals surface area contributed by atoms with E-state index < -0.39 is 10.0 Å². The molecule has 182 valence electrons. The summed E-state index contributed by atoms with van der Waals surface area (Å²) in [5.41, 5.74) is 6.80. The molecule has 1 amide bonds. The Labute approximate surface area is 208 Å². The fourth-order valence-electron chi connectivity index (χ4n) is 5.65. The number of benzene rings is 2. The number of para-hydroxylation sites is 2. The molecule has 0 saturated carbocycles. The second-order valence-corrected chi connectivity index (χ2v) is 11.5. The molecule has 0 bridgehead atoms. The van der Waals surface area contributed by atoms with Crippen LogP contribution in [0.5, 0.6) is 0 Å². The summed E-state index contributed by atoms with van der Waals surface area (Å²) in [6.45, 7) is 1.78. The standard InChI is InChI=1S/C27H25N5O3S/c33-27(31-11-9-24-20(15-31)18-5-1-3-7-22(18)29-24)26-13-17(14-28-26)36(34,35)32-12-10-25-21(16-32)19-6-2-4-8-23(19)30-25/h1-8,13-14,28-30H,9-12,15-16H2. The molecule has 0 aliphatic carbocycles. The van der Waals surface area contributed by atoms with E-state index in [2.05, 4.69) is 21.0 Å². The van der Waals surface area contributed by atoms with Crippen LogP contribution in [0.1, 0.15) is 33.0 Å². The lowest BCUT2D eigenvalue weighted by molar-refractivity contribution is 0.0730. The van der Waals surface area contributed by atoms with Gasteiger partial charge in [0.1, 0.15) is 10.6 Å². The second-order valence-electron chi connectivity index (χ2n) is 9.57. The van der Waals surface area contributed by atoms with Gasteiger partial charge in [-0.25, -0.2) is 8.42 Å². The van der Waals surface area contributed by atoms with Crippen molar-refractivity contribution in [2.75, 3.05) is 13.1 Å². The molecule has 0 fully saturated rings. The zero-order valence-electron chi connectivity index (χ0n) is 19.5. The van der Waals surface area contributed by atoms with Crippen molar-refractivity contribution in [3.8, 4) is 0 Å². The highest BCUT2D eigenvalue weighted by Gasteiger charge is 2.32. The van der Waals surface area contributed by atoms with Crippen molar-refractivity contribution in [1.82, 2.24) is 24.2 Å². The maximum atomic E-state index is 13.5. The summed E-state index contributed by atoms with van der Waals surface area (Å²) < 4.78 is 28.5. The van der Waals surface area contributed by atoms with E-state index in [1.54, 1.807) is 4.90 Å². The normalized spacial score (nSPS) is 16.4. The first-order valence-corrected chi connectivity index (χ1v) is 13.6. The van der Waals surface area contributed by atoms with Crippen molar-refractivity contribution in [2.45, 2.75) is 30.8 Å². The van der Waals surface area contributed by atoms with E-state index in [1.807, 2.05) is 42.5 Å². The van der Waals surface area contributed by atoms with Crippen LogP contribution in [-0.2, 0) is 36.0 Å². The lowest BCUT2D eigenvalue weighted by atomic mass is 10.0. The van der Waals surface area contributed by atoms with Gasteiger partial charge < -0.3 is 19.9 Å². The van der Waals surface area contributed by atoms with E-state index >= 15 is 0 Å². The van der Waals surface area contributed by atoms with Gasteiger partial charge in [-0.3, -0.25) is 4.79 Å². The number of nitrogens with one attached hydrogen (secondary N) is 3. The number of rotatable bonds is 3. The summed E-state index contributed by atoms with van der Waals surface area (Å²) in [4.78, 5) is 25.1. The average molecular weight is 500 g/mol. The predicted molar refractivity (Wildman–Crippen MR) is 137 cm³/mol. The van der Waals surface area contributed by atoms with Gasteiger partial charge in [0, 0.05) is 84.0 Å². The maximum Gasteiger partial charge on any atom is 0.270 e. The number of aromatic amines is 3. The number of carbonyl (C=O) groups is 1. The van der Waals surface area contributed by atoms with Gasteiger partial charge in [0.05, 0.1) is 0 Å². The first-order valence-electron chi connectivity index (χ1n) is 12.1. The Balaban J connectivity index is 1.13. The van der Waals surface area contributed by atoms with E-state index in [9.17, 15) is 13.2 Å². The van der Waals surface area contributed by atoms with Gasteiger partial charge in [-0.1, -0.05) is 36.4 Å². The highest BCUT2D eigenvalue weighted by Crippen LogP contribution is 2.32. The Morgan fingerprint density at radius 1 is 0.806 bits per heavy atom. The summed E-state index contributed by atoms with van der Waals surface area (Å²) in [7, 11) is -3.75. The summed E-state index contributed by atoms with van der Waals surface area (Å²) in [5.74, 6) is -0.190. The zero-order chi connectivity index (χ0) is 24.4. The Bertz CT molecular complexity index is 1760. The van der Waals surface area contributed by atoms with E-state index in [0.717, 1.165) is 50.7 Å². The topological polar surface area (TPSA) is 105 Å². The number of fused-ring (bicyclic) bond motifs is 6. The van der Waals surface area contributed by atoms with Gasteiger partial charge in [-0.05, 0) is 23.8 Å². The van der Waals surface area contributed by atoms with Gasteiger partial charge >= 0.3 is 0 Å². The van der Waals surface area contributed by atoms with Gasteiger partial charge in [-0.2, -0.15) is 4.31 Å². The molecule has 5 heterocycles. The molecule has 8 nitrogen and oxygen atoms in total. The molecule has 0 spiro atoms. The summed E-state index contributed by atoms with van der Waals surface area (Å²) in [6, 6.07) is 17.5. The van der Waals surface area contributed by atoms with Crippen LogP contribution in [-0.4, -0.2) is 51.6 Å². The minimum Gasteiger partial charge on any atom is -0.358 e. The molecule has 0 radical (unpaired) electrons. The van der Waals surface area contributed by atoms with Gasteiger partial charge in [0.15, 0.2) is 0 Å². The van der Waals surface area contributed by atoms with Crippen LogP contribution in [0.3, 0.4) is 0 Å². The fraction of sp³-hybridized carbons (Fsp3) is 0.222. The molecule has 3 N–H and O–H groups in total. The highest BCUT2D eigenvalue weighted by molar-refractivity contribution is 7.89. The minimum atomic E-state index is -3.75. The van der Waals surface area contributed by atoms with Crippen LogP contribution in [0.2, 0.25) is 0 Å². The van der Waals surface area contributed by atoms with E-state index in [0.29, 0.717) is 38.3 Å². The van der Waals surface area contributed by atoms with E-state index in [1.165, 1.54) is 16.6 Å². The molecule has 9 heteroatoms. The minimum absolute atomic E-state index is 0.124. The van der Waals surface area contributed by atoms with E-state index in [-0.39, 0.29) is 10.8 Å². The molecule has 2 aromatic carbocycles. The number of carbonyl (C=O) groups excluding carboxylic acids is 1. The molecular formula is C27H25N5O3S. The molecule has 0 unspecified atom stereocenters. The van der Waals surface area contributed by atoms with Gasteiger partial charge in [0.2, 0.25) is 10.0 Å². The second kappa shape index (κ2) is 7.84. The molecule has 0 atom stereocenters. The molecule has 5 aromatic rings. The number of amides is 1. The Kier molecular flexibility index (Phi) is 4.67. The van der Waals surface area contributed by atoms with Crippen LogP contribution >= 0.6 is 0 Å². The van der Waals surface area contributed by atoms with E-state index in [4.69, 9.17) is 0 Å². The van der Waals surface area contributed by atoms with Gasteiger partial charge in [0.25, 0.3) is 5.91 Å². The zero-order valence-corrected chi connectivity index (χ0v) is 20.4. The van der Waals surface area contributed by atoms with Crippen molar-refractivity contribution in [3.05, 3.63) is 89.0 Å². The van der Waals surface area contributed by atoms with Crippen molar-refractivity contribution >= 4 is 37.7 Å². The number of H-pyrrole nitrogens is 3. The molecule has 7 rings (SSSR count). The van der Waals surface area contributed by atoms with Crippen molar-refractivity contribution in [2.24, 2.45) is 0 Å². The number of aromatic nitrogens is 3. The van der Waals surface area contributed by atoms with Crippen LogP contribution in [0.25, 0.3) is 21.8 Å². The summed E-state index contributed by atoms with van der Waals surface area (Å²) in [5, 5.41) is 2.18. The summed E-state index contributed by atoms with van der Waals surface area (Å²) in [6.07, 6.45) is 2.80. The molecule has 2 aliphatic rings. The monoisotopic (exact) mass is 499 g/mol. The number of hydrogen-bond acceptors (Lipinski definition) is 3. The Hall–Kier alpha value is -3.82. The van der Waals surface area contributed by atoms with Crippen LogP contribution in [0.4, 0.5) is 0 Å². The maximum absolute atomic E-state index is 13.5. The third-order valence-corrected chi connectivity index (χ3v) is 9.37. The van der Waals surface area contributed by atoms with Crippen LogP contribution in [0.15, 0.2) is 65.7 Å². The average Bonchev–Trinajstić information content (AvgIpc) is 3.63. The Morgan fingerprint density at radius 2 is 1.42 bits per heavy atom. The fourth-order valence-corrected chi connectivity index (χ4v) is 7.06. The third kappa shape index (κ3) is 3.23. The van der Waals surface area contributed by atoms with Crippen molar-refractivity contribution in [3.63, 3.8) is 0 Å². The van der Waals surface area contributed by atoms with Crippen molar-refractivity contribution < 1.29 is 13.2 Å². The first kappa shape index (κ1) is 21.5. The van der Waals surface area contributed by atoms with Crippen LogP contribution in [0, 0.1) is 0 Å². The SMILES string of the molecule is O=C(c1cc(S(=O)(=O)N2CCc3[nH]c4ccccc4c3C2)c[nH]1)N1CCc2[nH]c3ccccc3c2C1. The smallest absolute Gasteiger partial charge is 0.270 e. The largest absolute Gasteiger partial charge is 0.358 e. The van der Waals surface area contributed by atoms with Crippen molar-refractivity contribution in [1.29, 1.82) is 0 Å². The predicted octanol–water partition coefficient (Wildman–Crippen LogP) is 3.92. The molecule has 36 heavy (non-hydrogen) atoms. The van der Waals surface area contributed by atoms with Crippen LogP contribution < -0.4 is 0 Å². The third-order valence-electron chi connectivity index (χ3n) is 7.54. The number of hydrogen-bond donors (Lipinski definition) is 3. The molecule has 2 aliphatic heterocycles. The quantitative estimate of drug-likeness (QED) is 0.350. The Morgan fingerprint density at radius 3 is 2.11 bits per heavy atom. The molecule has 3 aromatic heterocycles.